The fourth-order valence-electron chi connectivity index (χ4n) is 5.19. The van der Waals surface area contributed by atoms with Crippen LogP contribution >= 0.6 is 0 Å². The third-order valence-corrected chi connectivity index (χ3v) is 7.25. The molecule has 1 aliphatic heterocycles. The SMILES string of the molecule is CCCCC(C)CCC=C[C@H]1CCC[C@@H]1CCCCCC(OC1CCCCO1)C(=O)O. The number of hydrogen-bond acceptors (Lipinski definition) is 3. The molecule has 2 fully saturated rings. The Morgan fingerprint density at radius 3 is 2.68 bits per heavy atom. The second kappa shape index (κ2) is 15.9. The first-order valence-electron chi connectivity index (χ1n) is 13.3. The third-order valence-electron chi connectivity index (χ3n) is 7.25. The Balaban J connectivity index is 1.58. The topological polar surface area (TPSA) is 55.8 Å². The van der Waals surface area contributed by atoms with Gasteiger partial charge in [0.1, 0.15) is 0 Å². The van der Waals surface area contributed by atoms with Crippen molar-refractivity contribution in [3.8, 4) is 0 Å². The lowest BCUT2D eigenvalue weighted by Crippen LogP contribution is -2.32. The number of carboxylic acid groups (broad SMARTS) is 1. The molecule has 1 saturated heterocycles. The van der Waals surface area contributed by atoms with E-state index in [1.54, 1.807) is 0 Å². The van der Waals surface area contributed by atoms with E-state index in [0.29, 0.717) is 13.0 Å². The lowest BCUT2D eigenvalue weighted by Gasteiger charge is -2.26. The summed E-state index contributed by atoms with van der Waals surface area (Å²) in [5, 5.41) is 9.46. The van der Waals surface area contributed by atoms with Crippen molar-refractivity contribution in [3.63, 3.8) is 0 Å². The van der Waals surface area contributed by atoms with Crippen LogP contribution in [-0.4, -0.2) is 30.1 Å². The van der Waals surface area contributed by atoms with Crippen LogP contribution in [0, 0.1) is 17.8 Å². The standard InChI is InChI=1S/C27H48O4/c1-3-4-13-22(2)14-8-9-16-24-18-12-17-23(24)15-6-5-7-19-25(27(28)29)31-26-20-10-11-21-30-26/h9,16,22-26H,3-8,10-15,17-21H2,1-2H3,(H,28,29)/t22?,23-,24-,25?,26?/m0/s1. The van der Waals surface area contributed by atoms with Gasteiger partial charge in [-0.25, -0.2) is 4.79 Å². The maximum absolute atomic E-state index is 11.5. The smallest absolute Gasteiger partial charge is 0.332 e. The van der Waals surface area contributed by atoms with Gasteiger partial charge in [-0.2, -0.15) is 0 Å². The number of aliphatic carboxylic acids is 1. The molecule has 0 spiro atoms. The predicted octanol–water partition coefficient (Wildman–Crippen LogP) is 7.51. The molecule has 5 atom stereocenters. The van der Waals surface area contributed by atoms with Gasteiger partial charge in [-0.15, -0.1) is 0 Å². The zero-order valence-corrected chi connectivity index (χ0v) is 20.2. The molecule has 31 heavy (non-hydrogen) atoms. The van der Waals surface area contributed by atoms with Crippen molar-refractivity contribution in [2.75, 3.05) is 6.61 Å². The molecule has 0 bridgehead atoms. The van der Waals surface area contributed by atoms with E-state index >= 15 is 0 Å². The molecule has 1 aliphatic carbocycles. The summed E-state index contributed by atoms with van der Waals surface area (Å²) >= 11 is 0. The lowest BCUT2D eigenvalue weighted by molar-refractivity contribution is -0.201. The fraction of sp³-hybridized carbons (Fsp3) is 0.889. The van der Waals surface area contributed by atoms with Crippen molar-refractivity contribution >= 4 is 5.97 Å². The van der Waals surface area contributed by atoms with Crippen LogP contribution in [0.5, 0.6) is 0 Å². The normalized spacial score (nSPS) is 26.3. The summed E-state index contributed by atoms with van der Waals surface area (Å²) in [6.45, 7) is 5.35. The molecule has 3 unspecified atom stereocenters. The van der Waals surface area contributed by atoms with Gasteiger partial charge in [-0.1, -0.05) is 70.9 Å². The van der Waals surface area contributed by atoms with Gasteiger partial charge in [0.15, 0.2) is 12.4 Å². The minimum absolute atomic E-state index is 0.324. The highest BCUT2D eigenvalue weighted by Gasteiger charge is 2.26. The summed E-state index contributed by atoms with van der Waals surface area (Å²) in [7, 11) is 0. The molecule has 1 heterocycles. The molecule has 1 saturated carbocycles. The molecule has 0 amide bonds. The number of rotatable bonds is 16. The Kier molecular flexibility index (Phi) is 13.5. The number of ether oxygens (including phenoxy) is 2. The maximum atomic E-state index is 11.5. The van der Waals surface area contributed by atoms with Crippen LogP contribution in [0.1, 0.15) is 117 Å². The quantitative estimate of drug-likeness (QED) is 0.201. The molecule has 0 radical (unpaired) electrons. The van der Waals surface area contributed by atoms with Crippen molar-refractivity contribution in [2.45, 2.75) is 129 Å². The van der Waals surface area contributed by atoms with Crippen molar-refractivity contribution in [1.29, 1.82) is 0 Å². The van der Waals surface area contributed by atoms with E-state index in [2.05, 4.69) is 26.0 Å². The van der Waals surface area contributed by atoms with Crippen LogP contribution in [0.3, 0.4) is 0 Å². The molecule has 0 aromatic heterocycles. The Labute approximate surface area is 191 Å². The summed E-state index contributed by atoms with van der Waals surface area (Å²) in [6.07, 6.45) is 22.6. The Hall–Kier alpha value is -0.870. The minimum atomic E-state index is -0.848. The second-order valence-electron chi connectivity index (χ2n) is 10.0. The van der Waals surface area contributed by atoms with Crippen LogP contribution < -0.4 is 0 Å². The number of allylic oxidation sites excluding steroid dienone is 2. The molecule has 2 aliphatic rings. The molecular formula is C27H48O4. The highest BCUT2D eigenvalue weighted by molar-refractivity contribution is 5.72. The predicted molar refractivity (Wildman–Crippen MR) is 127 cm³/mol. The zero-order valence-electron chi connectivity index (χ0n) is 20.2. The van der Waals surface area contributed by atoms with Crippen molar-refractivity contribution < 1.29 is 19.4 Å². The number of carboxylic acids is 1. The largest absolute Gasteiger partial charge is 0.479 e. The summed E-state index contributed by atoms with van der Waals surface area (Å²) in [5.74, 6) is 1.60. The number of carbonyl (C=O) groups is 1. The molecule has 4 heteroatoms. The monoisotopic (exact) mass is 436 g/mol. The van der Waals surface area contributed by atoms with Crippen molar-refractivity contribution in [3.05, 3.63) is 12.2 Å². The van der Waals surface area contributed by atoms with Gasteiger partial charge in [-0.3, -0.25) is 0 Å². The van der Waals surface area contributed by atoms with Crippen molar-refractivity contribution in [2.24, 2.45) is 17.8 Å². The summed E-state index contributed by atoms with van der Waals surface area (Å²) in [4.78, 5) is 11.5. The van der Waals surface area contributed by atoms with E-state index in [-0.39, 0.29) is 6.29 Å². The fourth-order valence-corrected chi connectivity index (χ4v) is 5.19. The van der Waals surface area contributed by atoms with Gasteiger partial charge in [0.2, 0.25) is 0 Å². The first-order valence-corrected chi connectivity index (χ1v) is 13.3. The van der Waals surface area contributed by atoms with Gasteiger partial charge < -0.3 is 14.6 Å². The van der Waals surface area contributed by atoms with Crippen LogP contribution in [0.15, 0.2) is 12.2 Å². The van der Waals surface area contributed by atoms with Gasteiger partial charge in [0.05, 0.1) is 0 Å². The van der Waals surface area contributed by atoms with Crippen LogP contribution in [0.2, 0.25) is 0 Å². The highest BCUT2D eigenvalue weighted by atomic mass is 16.7. The Bertz CT molecular complexity index is 497. The summed E-state index contributed by atoms with van der Waals surface area (Å²) in [6, 6.07) is 0. The van der Waals surface area contributed by atoms with Crippen molar-refractivity contribution in [1.82, 2.24) is 0 Å². The van der Waals surface area contributed by atoms with Gasteiger partial charge in [-0.05, 0) is 75.5 Å². The Morgan fingerprint density at radius 1 is 1.06 bits per heavy atom. The maximum Gasteiger partial charge on any atom is 0.332 e. The van der Waals surface area contributed by atoms with Crippen LogP contribution in [-0.2, 0) is 14.3 Å². The molecule has 0 aromatic rings. The summed E-state index contributed by atoms with van der Waals surface area (Å²) in [5.41, 5.74) is 0. The zero-order chi connectivity index (χ0) is 22.3. The molecule has 4 nitrogen and oxygen atoms in total. The molecule has 1 N–H and O–H groups in total. The molecule has 0 aromatic carbocycles. The van der Waals surface area contributed by atoms with Gasteiger partial charge in [0.25, 0.3) is 0 Å². The first-order chi connectivity index (χ1) is 15.1. The molecule has 180 valence electrons. The minimum Gasteiger partial charge on any atom is -0.479 e. The third kappa shape index (κ3) is 11.0. The van der Waals surface area contributed by atoms with Gasteiger partial charge in [0, 0.05) is 6.61 Å². The second-order valence-corrected chi connectivity index (χ2v) is 10.0. The Morgan fingerprint density at radius 2 is 1.94 bits per heavy atom. The first kappa shape index (κ1) is 26.4. The number of unbranched alkanes of at least 4 members (excludes halogenated alkanes) is 3. The van der Waals surface area contributed by atoms with E-state index in [1.807, 2.05) is 0 Å². The van der Waals surface area contributed by atoms with E-state index < -0.39 is 12.1 Å². The van der Waals surface area contributed by atoms with E-state index in [9.17, 15) is 9.90 Å². The highest BCUT2D eigenvalue weighted by Crippen LogP contribution is 2.36. The average molecular weight is 437 g/mol. The van der Waals surface area contributed by atoms with Crippen LogP contribution in [0.25, 0.3) is 0 Å². The molecule has 2 rings (SSSR count). The number of hydrogen-bond donors (Lipinski definition) is 1. The molecular weight excluding hydrogens is 388 g/mol. The lowest BCUT2D eigenvalue weighted by atomic mass is 9.89. The van der Waals surface area contributed by atoms with E-state index in [0.717, 1.165) is 49.9 Å². The average Bonchev–Trinajstić information content (AvgIpc) is 3.22. The summed E-state index contributed by atoms with van der Waals surface area (Å²) < 4.78 is 11.3. The van der Waals surface area contributed by atoms with Gasteiger partial charge >= 0.3 is 5.97 Å². The van der Waals surface area contributed by atoms with Crippen LogP contribution in [0.4, 0.5) is 0 Å². The van der Waals surface area contributed by atoms with E-state index in [1.165, 1.54) is 64.2 Å². The van der Waals surface area contributed by atoms with E-state index in [4.69, 9.17) is 9.47 Å².